The van der Waals surface area contributed by atoms with Gasteiger partial charge in [0.1, 0.15) is 0 Å². The molecule has 0 heterocycles. The second kappa shape index (κ2) is 16.6. The van der Waals surface area contributed by atoms with Crippen molar-refractivity contribution in [3.63, 3.8) is 0 Å². The van der Waals surface area contributed by atoms with Crippen LogP contribution in [0, 0.1) is 13.8 Å². The maximum absolute atomic E-state index is 2.56. The van der Waals surface area contributed by atoms with Crippen LogP contribution in [0.5, 0.6) is 0 Å². The Bertz CT molecular complexity index is 1670. The summed E-state index contributed by atoms with van der Waals surface area (Å²) >= 11 is 0. The fourth-order valence-corrected chi connectivity index (χ4v) is 6.84. The Kier molecular flexibility index (Phi) is 12.1. The molecule has 0 N–H and O–H groups in total. The van der Waals surface area contributed by atoms with E-state index in [1.54, 1.807) is 0 Å². The lowest BCUT2D eigenvalue weighted by Gasteiger charge is -2.19. The lowest BCUT2D eigenvalue weighted by atomic mass is 9.86. The van der Waals surface area contributed by atoms with Crippen molar-refractivity contribution in [1.29, 1.82) is 0 Å². The Balaban J connectivity index is 1.54. The Morgan fingerprint density at radius 3 is 1.22 bits per heavy atom. The molecule has 5 rings (SSSR count). The van der Waals surface area contributed by atoms with Crippen molar-refractivity contribution in [1.82, 2.24) is 0 Å². The highest BCUT2D eigenvalue weighted by Gasteiger charge is 2.15. The summed E-state index contributed by atoms with van der Waals surface area (Å²) in [7, 11) is 0. The molecule has 0 aromatic heterocycles. The van der Waals surface area contributed by atoms with Crippen LogP contribution < -0.4 is 0 Å². The molecule has 0 amide bonds. The first-order chi connectivity index (χ1) is 22.5. The lowest BCUT2D eigenvalue weighted by molar-refractivity contribution is 0.664. The zero-order valence-corrected chi connectivity index (χ0v) is 29.1. The number of unbranched alkanes of at least 4 members (excludes halogenated alkanes) is 6. The fraction of sp³-hybridized carbons (Fsp3) is 0.348. The average molecular weight is 607 g/mol. The Morgan fingerprint density at radius 1 is 0.348 bits per heavy atom. The van der Waals surface area contributed by atoms with E-state index in [0.29, 0.717) is 0 Å². The third kappa shape index (κ3) is 8.47. The summed E-state index contributed by atoms with van der Waals surface area (Å²) in [6.45, 7) is 11.2. The molecule has 0 fully saturated rings. The van der Waals surface area contributed by atoms with Gasteiger partial charge in [0.15, 0.2) is 0 Å². The van der Waals surface area contributed by atoms with E-state index in [1.807, 2.05) is 0 Å². The minimum atomic E-state index is 1.05. The van der Waals surface area contributed by atoms with Gasteiger partial charge < -0.3 is 0 Å². The molecule has 0 nitrogen and oxygen atoms in total. The van der Waals surface area contributed by atoms with Crippen LogP contribution in [-0.4, -0.2) is 0 Å². The van der Waals surface area contributed by atoms with Gasteiger partial charge in [0.2, 0.25) is 0 Å². The summed E-state index contributed by atoms with van der Waals surface area (Å²) in [4.78, 5) is 0. The van der Waals surface area contributed by atoms with Gasteiger partial charge in [0.25, 0.3) is 0 Å². The summed E-state index contributed by atoms with van der Waals surface area (Å²) in [6, 6.07) is 39.6. The molecule has 0 aliphatic carbocycles. The van der Waals surface area contributed by atoms with E-state index in [0.717, 1.165) is 19.3 Å². The van der Waals surface area contributed by atoms with E-state index >= 15 is 0 Å². The smallest absolute Gasteiger partial charge is 0.0149 e. The van der Waals surface area contributed by atoms with Crippen LogP contribution in [0.4, 0.5) is 0 Å². The Hall–Kier alpha value is -3.90. The highest BCUT2D eigenvalue weighted by molar-refractivity contribution is 5.80. The molecule has 0 atom stereocenters. The minimum Gasteiger partial charge on any atom is -0.0654 e. The molecule has 0 bridgehead atoms. The zero-order valence-electron chi connectivity index (χ0n) is 29.1. The number of rotatable bonds is 15. The first-order valence-corrected chi connectivity index (χ1v) is 18.0. The molecule has 0 radical (unpaired) electrons. The molecule has 0 saturated carbocycles. The normalized spacial score (nSPS) is 11.2. The van der Waals surface area contributed by atoms with Crippen molar-refractivity contribution < 1.29 is 0 Å². The van der Waals surface area contributed by atoms with Crippen molar-refractivity contribution in [3.8, 4) is 44.5 Å². The molecule has 0 aliphatic rings. The van der Waals surface area contributed by atoms with Gasteiger partial charge in [-0.2, -0.15) is 0 Å². The first kappa shape index (κ1) is 33.5. The quantitative estimate of drug-likeness (QED) is 0.104. The van der Waals surface area contributed by atoms with Crippen LogP contribution in [-0.2, 0) is 19.3 Å². The summed E-state index contributed by atoms with van der Waals surface area (Å²) in [6.07, 6.45) is 13.5. The van der Waals surface area contributed by atoms with E-state index in [4.69, 9.17) is 0 Å². The van der Waals surface area contributed by atoms with Crippen molar-refractivity contribution >= 4 is 0 Å². The van der Waals surface area contributed by atoms with Crippen LogP contribution >= 0.6 is 0 Å². The summed E-state index contributed by atoms with van der Waals surface area (Å²) < 4.78 is 0. The van der Waals surface area contributed by atoms with Crippen molar-refractivity contribution in [2.45, 2.75) is 105 Å². The predicted molar refractivity (Wildman–Crippen MR) is 203 cm³/mol. The van der Waals surface area contributed by atoms with Crippen LogP contribution in [0.2, 0.25) is 0 Å². The minimum absolute atomic E-state index is 1.05. The molecule has 5 aromatic carbocycles. The number of hydrogen-bond donors (Lipinski definition) is 0. The summed E-state index contributed by atoms with van der Waals surface area (Å²) in [5, 5.41) is 0. The average Bonchev–Trinajstić information content (AvgIpc) is 3.09. The third-order valence-electron chi connectivity index (χ3n) is 9.66. The third-order valence-corrected chi connectivity index (χ3v) is 9.66. The second-order valence-corrected chi connectivity index (χ2v) is 13.3. The van der Waals surface area contributed by atoms with Gasteiger partial charge in [-0.1, -0.05) is 174 Å². The first-order valence-electron chi connectivity index (χ1n) is 18.0. The standard InChI is InChI=1S/C46H54/c1-6-9-11-13-15-42-33-46(41-28-26-39(27-29-41)44-30-19-35(5)31-36(44)8-3)43(16-14-12-10-7-2)32-45(42)40-24-22-38(23-25-40)37-20-17-34(4)18-21-37/h17-33H,6-16H2,1-5H3. The molecule has 238 valence electrons. The highest BCUT2D eigenvalue weighted by atomic mass is 14.2. The van der Waals surface area contributed by atoms with Gasteiger partial charge in [-0.15, -0.1) is 0 Å². The van der Waals surface area contributed by atoms with Gasteiger partial charge in [-0.05, 0) is 107 Å². The maximum atomic E-state index is 2.56. The Labute approximate surface area is 279 Å². The number of aryl methyl sites for hydroxylation is 5. The van der Waals surface area contributed by atoms with Crippen LogP contribution in [0.3, 0.4) is 0 Å². The molecule has 0 spiro atoms. The monoisotopic (exact) mass is 606 g/mol. The molecular formula is C46H54. The van der Waals surface area contributed by atoms with Gasteiger partial charge in [0.05, 0.1) is 0 Å². The second-order valence-electron chi connectivity index (χ2n) is 13.3. The van der Waals surface area contributed by atoms with Gasteiger partial charge in [-0.25, -0.2) is 0 Å². The van der Waals surface area contributed by atoms with Crippen molar-refractivity contribution in [2.24, 2.45) is 0 Å². The van der Waals surface area contributed by atoms with E-state index in [9.17, 15) is 0 Å². The van der Waals surface area contributed by atoms with E-state index < -0.39 is 0 Å². The number of hydrogen-bond acceptors (Lipinski definition) is 0. The van der Waals surface area contributed by atoms with Crippen molar-refractivity contribution in [3.05, 3.63) is 131 Å². The van der Waals surface area contributed by atoms with Crippen molar-refractivity contribution in [2.75, 3.05) is 0 Å². The molecule has 46 heavy (non-hydrogen) atoms. The molecular weight excluding hydrogens is 553 g/mol. The Morgan fingerprint density at radius 2 is 0.761 bits per heavy atom. The largest absolute Gasteiger partial charge is 0.0654 e. The van der Waals surface area contributed by atoms with Gasteiger partial charge >= 0.3 is 0 Å². The predicted octanol–water partition coefficient (Wildman–Crippen LogP) is 13.8. The number of benzene rings is 5. The van der Waals surface area contributed by atoms with Gasteiger partial charge in [-0.3, -0.25) is 0 Å². The van der Waals surface area contributed by atoms with E-state index in [2.05, 4.69) is 138 Å². The topological polar surface area (TPSA) is 0 Å². The molecule has 0 saturated heterocycles. The summed E-state index contributed by atoms with van der Waals surface area (Å²) in [5.41, 5.74) is 17.8. The molecule has 0 aliphatic heterocycles. The van der Waals surface area contributed by atoms with Crippen LogP contribution in [0.15, 0.2) is 103 Å². The zero-order chi connectivity index (χ0) is 32.3. The molecule has 0 unspecified atom stereocenters. The van der Waals surface area contributed by atoms with Crippen LogP contribution in [0.1, 0.15) is 100.0 Å². The SMILES string of the molecule is CCCCCCc1cc(-c2ccc(-c3ccc(C)cc3CC)cc2)c(CCCCCC)cc1-c1ccc(-c2ccc(C)cc2)cc1. The van der Waals surface area contributed by atoms with E-state index in [-0.39, 0.29) is 0 Å². The fourth-order valence-electron chi connectivity index (χ4n) is 6.84. The van der Waals surface area contributed by atoms with E-state index in [1.165, 1.54) is 124 Å². The van der Waals surface area contributed by atoms with Gasteiger partial charge in [0, 0.05) is 0 Å². The van der Waals surface area contributed by atoms with Crippen LogP contribution in [0.25, 0.3) is 44.5 Å². The summed E-state index contributed by atoms with van der Waals surface area (Å²) in [5.74, 6) is 0. The molecule has 5 aromatic rings. The highest BCUT2D eigenvalue weighted by Crippen LogP contribution is 2.37. The lowest BCUT2D eigenvalue weighted by Crippen LogP contribution is -1.99. The maximum Gasteiger partial charge on any atom is -0.0149 e. The molecule has 0 heteroatoms.